The normalized spacial score (nSPS) is 8.36. The Kier molecular flexibility index (Phi) is 3.78. The molecule has 60 valence electrons. The van der Waals surface area contributed by atoms with Gasteiger partial charge in [0.25, 0.3) is 5.78 Å². The molecule has 0 bridgehead atoms. The third-order valence-corrected chi connectivity index (χ3v) is 1.06. The van der Waals surface area contributed by atoms with E-state index in [4.69, 9.17) is 0 Å². The van der Waals surface area contributed by atoms with E-state index in [1.807, 2.05) is 6.07 Å². The van der Waals surface area contributed by atoms with Crippen molar-refractivity contribution in [3.8, 4) is 0 Å². The fourth-order valence-corrected chi connectivity index (χ4v) is 0.671. The van der Waals surface area contributed by atoms with Gasteiger partial charge in [0.05, 0.1) is 0 Å². The minimum absolute atomic E-state index is 0. The van der Waals surface area contributed by atoms with Gasteiger partial charge in [0.2, 0.25) is 0 Å². The molecule has 0 spiro atoms. The molecule has 0 saturated carbocycles. The summed E-state index contributed by atoms with van der Waals surface area (Å²) in [4.78, 5) is 7.79. The van der Waals surface area contributed by atoms with Crippen molar-refractivity contribution in [2.24, 2.45) is 0 Å². The highest BCUT2D eigenvalue weighted by atomic mass is 35.5. The summed E-state index contributed by atoms with van der Waals surface area (Å²) in [6, 6.07) is 1.81. The number of rotatable bonds is 0. The molecule has 0 fully saturated rings. The second-order valence-corrected chi connectivity index (χ2v) is 1.62. The van der Waals surface area contributed by atoms with E-state index < -0.39 is 0 Å². The molecule has 0 amide bonds. The lowest BCUT2D eigenvalue weighted by atomic mass is 10.7. The molecule has 2 aromatic heterocycles. The number of fused-ring (bicyclic) bond motifs is 1. The number of halogens is 2. The van der Waals surface area contributed by atoms with Crippen LogP contribution in [-0.4, -0.2) is 19.6 Å². The second-order valence-electron chi connectivity index (χ2n) is 1.62. The lowest BCUT2D eigenvalue weighted by Crippen LogP contribution is -1.86. The van der Waals surface area contributed by atoms with Crippen molar-refractivity contribution < 1.29 is 0 Å². The van der Waals surface area contributed by atoms with Crippen molar-refractivity contribution in [1.82, 2.24) is 19.6 Å². The van der Waals surface area contributed by atoms with Gasteiger partial charge in [-0.25, -0.2) is 9.50 Å². The molecular formula is C5H6Cl2N4. The molecule has 0 unspecified atom stereocenters. The first-order valence-electron chi connectivity index (χ1n) is 2.57. The summed E-state index contributed by atoms with van der Waals surface area (Å²) < 4.78 is 1.61. The first kappa shape index (κ1) is 10.1. The van der Waals surface area contributed by atoms with Crippen LogP contribution in [0.1, 0.15) is 0 Å². The Labute approximate surface area is 75.5 Å². The third-order valence-electron chi connectivity index (χ3n) is 1.06. The van der Waals surface area contributed by atoms with Gasteiger partial charge < -0.3 is 0 Å². The van der Waals surface area contributed by atoms with Crippen LogP contribution in [0.2, 0.25) is 0 Å². The maximum Gasteiger partial charge on any atom is 0.252 e. The summed E-state index contributed by atoms with van der Waals surface area (Å²) in [5.41, 5.74) is 0. The van der Waals surface area contributed by atoms with E-state index in [-0.39, 0.29) is 24.8 Å². The summed E-state index contributed by atoms with van der Waals surface area (Å²) in [6.45, 7) is 0. The summed E-state index contributed by atoms with van der Waals surface area (Å²) >= 11 is 0. The fraction of sp³-hybridized carbons (Fsp3) is 0. The van der Waals surface area contributed by atoms with Crippen LogP contribution in [0.15, 0.2) is 24.8 Å². The van der Waals surface area contributed by atoms with E-state index >= 15 is 0 Å². The zero-order valence-corrected chi connectivity index (χ0v) is 7.05. The molecule has 0 radical (unpaired) electrons. The minimum Gasteiger partial charge on any atom is -0.220 e. The molecule has 0 N–H and O–H groups in total. The predicted octanol–water partition coefficient (Wildman–Crippen LogP) is 0.968. The molecule has 0 aliphatic heterocycles. The van der Waals surface area contributed by atoms with Gasteiger partial charge in [0.1, 0.15) is 6.33 Å². The Bertz CT molecular complexity index is 290. The van der Waals surface area contributed by atoms with E-state index in [0.29, 0.717) is 5.78 Å². The molecule has 6 heteroatoms. The highest BCUT2D eigenvalue weighted by molar-refractivity contribution is 5.85. The third kappa shape index (κ3) is 1.78. The van der Waals surface area contributed by atoms with Crippen LogP contribution >= 0.6 is 24.8 Å². The zero-order chi connectivity index (χ0) is 6.10. The molecule has 2 rings (SSSR count). The van der Waals surface area contributed by atoms with Gasteiger partial charge in [0.15, 0.2) is 0 Å². The van der Waals surface area contributed by atoms with Gasteiger partial charge in [0, 0.05) is 12.4 Å². The topological polar surface area (TPSA) is 43.1 Å². The first-order chi connectivity index (χ1) is 4.47. The summed E-state index contributed by atoms with van der Waals surface area (Å²) in [5, 5.41) is 3.86. The van der Waals surface area contributed by atoms with E-state index in [1.165, 1.54) is 6.33 Å². The second kappa shape index (κ2) is 4.10. The van der Waals surface area contributed by atoms with Crippen molar-refractivity contribution in [2.45, 2.75) is 0 Å². The van der Waals surface area contributed by atoms with Gasteiger partial charge in [-0.15, -0.1) is 24.8 Å². The Hall–Kier alpha value is -0.870. The maximum atomic E-state index is 3.93. The molecule has 0 atom stereocenters. The van der Waals surface area contributed by atoms with Crippen LogP contribution in [-0.2, 0) is 0 Å². The van der Waals surface area contributed by atoms with Gasteiger partial charge in [-0.3, -0.25) is 0 Å². The van der Waals surface area contributed by atoms with Gasteiger partial charge in [-0.2, -0.15) is 10.1 Å². The van der Waals surface area contributed by atoms with Crippen LogP contribution in [0, 0.1) is 0 Å². The zero-order valence-electron chi connectivity index (χ0n) is 5.41. The minimum atomic E-state index is 0. The highest BCUT2D eigenvalue weighted by Gasteiger charge is 1.88. The van der Waals surface area contributed by atoms with E-state index in [9.17, 15) is 0 Å². The van der Waals surface area contributed by atoms with Gasteiger partial charge in [-0.05, 0) is 6.07 Å². The molecular weight excluding hydrogens is 187 g/mol. The maximum absolute atomic E-state index is 3.93. The van der Waals surface area contributed by atoms with Crippen LogP contribution in [0.25, 0.3) is 5.78 Å². The van der Waals surface area contributed by atoms with Gasteiger partial charge in [-0.1, -0.05) is 0 Å². The lowest BCUT2D eigenvalue weighted by molar-refractivity contribution is 0.939. The SMILES string of the molecule is Cl.Cl.c1cnc2ncnn2c1. The van der Waals surface area contributed by atoms with Crippen LogP contribution in [0.4, 0.5) is 0 Å². The van der Waals surface area contributed by atoms with Crippen LogP contribution in [0.3, 0.4) is 0 Å². The Morgan fingerprint density at radius 1 is 1.18 bits per heavy atom. The Balaban J connectivity index is 0.000000500. The lowest BCUT2D eigenvalue weighted by Gasteiger charge is -1.83. The molecule has 11 heavy (non-hydrogen) atoms. The summed E-state index contributed by atoms with van der Waals surface area (Å²) in [6.07, 6.45) is 4.96. The van der Waals surface area contributed by atoms with E-state index in [1.54, 1.807) is 16.9 Å². The highest BCUT2D eigenvalue weighted by Crippen LogP contribution is 1.87. The Morgan fingerprint density at radius 3 is 2.73 bits per heavy atom. The van der Waals surface area contributed by atoms with E-state index in [2.05, 4.69) is 15.1 Å². The molecule has 0 aliphatic rings. The molecule has 4 nitrogen and oxygen atoms in total. The number of aromatic nitrogens is 4. The quantitative estimate of drug-likeness (QED) is 0.625. The van der Waals surface area contributed by atoms with Crippen LogP contribution < -0.4 is 0 Å². The molecule has 2 aromatic rings. The number of hydrogen-bond donors (Lipinski definition) is 0. The van der Waals surface area contributed by atoms with Crippen molar-refractivity contribution in [3.63, 3.8) is 0 Å². The summed E-state index contributed by atoms with van der Waals surface area (Å²) in [5.74, 6) is 0.637. The fourth-order valence-electron chi connectivity index (χ4n) is 0.671. The Morgan fingerprint density at radius 2 is 2.00 bits per heavy atom. The van der Waals surface area contributed by atoms with Crippen molar-refractivity contribution in [3.05, 3.63) is 24.8 Å². The molecule has 0 aromatic carbocycles. The average molecular weight is 193 g/mol. The van der Waals surface area contributed by atoms with Crippen LogP contribution in [0.5, 0.6) is 0 Å². The summed E-state index contributed by atoms with van der Waals surface area (Å²) in [7, 11) is 0. The van der Waals surface area contributed by atoms with E-state index in [0.717, 1.165) is 0 Å². The standard InChI is InChI=1S/C5H4N4.2ClH/c1-2-6-5-7-4-8-9(5)3-1;;/h1-4H;2*1H. The smallest absolute Gasteiger partial charge is 0.220 e. The van der Waals surface area contributed by atoms with Crippen molar-refractivity contribution in [2.75, 3.05) is 0 Å². The van der Waals surface area contributed by atoms with Crippen molar-refractivity contribution in [1.29, 1.82) is 0 Å². The molecule has 0 saturated heterocycles. The molecule has 2 heterocycles. The monoisotopic (exact) mass is 192 g/mol. The predicted molar refractivity (Wildman–Crippen MR) is 45.3 cm³/mol. The van der Waals surface area contributed by atoms with Crippen molar-refractivity contribution >= 4 is 30.6 Å². The first-order valence-corrected chi connectivity index (χ1v) is 2.57. The van der Waals surface area contributed by atoms with Gasteiger partial charge >= 0.3 is 0 Å². The number of hydrogen-bond acceptors (Lipinski definition) is 3. The average Bonchev–Trinajstić information content (AvgIpc) is 2.33. The largest absolute Gasteiger partial charge is 0.252 e. The number of nitrogens with zero attached hydrogens (tertiary/aromatic N) is 4. The molecule has 0 aliphatic carbocycles.